The van der Waals surface area contributed by atoms with Crippen molar-refractivity contribution in [3.05, 3.63) is 35.4 Å². The molecule has 2 atom stereocenters. The standard InChI is InChI=1S/C17H24N2O2/c1-17(21-2)8-5-9-19(12-17)16(20)15-10-13-6-3-4-7-14(13)11-18-15/h3-4,6-7,15,18H,5,8-12H2,1-2H3/t15-,17?/m1/s1. The van der Waals surface area contributed by atoms with E-state index in [-0.39, 0.29) is 17.6 Å². The van der Waals surface area contributed by atoms with Crippen LogP contribution in [0.4, 0.5) is 0 Å². The van der Waals surface area contributed by atoms with Gasteiger partial charge in [0.15, 0.2) is 0 Å². The zero-order chi connectivity index (χ0) is 14.9. The van der Waals surface area contributed by atoms with E-state index in [0.717, 1.165) is 32.4 Å². The van der Waals surface area contributed by atoms with E-state index in [2.05, 4.69) is 36.5 Å². The number of amides is 1. The predicted molar refractivity (Wildman–Crippen MR) is 82.0 cm³/mol. The number of nitrogens with zero attached hydrogens (tertiary/aromatic N) is 1. The Bertz CT molecular complexity index is 531. The van der Waals surface area contributed by atoms with Crippen LogP contribution in [0.5, 0.6) is 0 Å². The van der Waals surface area contributed by atoms with Crippen LogP contribution in [0.3, 0.4) is 0 Å². The van der Waals surface area contributed by atoms with Crippen molar-refractivity contribution < 1.29 is 9.53 Å². The van der Waals surface area contributed by atoms with Gasteiger partial charge in [0, 0.05) is 26.7 Å². The number of hydrogen-bond donors (Lipinski definition) is 1. The van der Waals surface area contributed by atoms with Gasteiger partial charge in [0.25, 0.3) is 0 Å². The number of methoxy groups -OCH3 is 1. The van der Waals surface area contributed by atoms with Crippen LogP contribution in [0.2, 0.25) is 0 Å². The highest BCUT2D eigenvalue weighted by molar-refractivity contribution is 5.82. The van der Waals surface area contributed by atoms with Crippen LogP contribution in [0, 0.1) is 0 Å². The highest BCUT2D eigenvalue weighted by Crippen LogP contribution is 2.25. The molecule has 2 aliphatic rings. The van der Waals surface area contributed by atoms with Gasteiger partial charge in [-0.05, 0) is 37.3 Å². The van der Waals surface area contributed by atoms with Crippen LogP contribution in [-0.4, -0.2) is 42.6 Å². The van der Waals surface area contributed by atoms with Gasteiger partial charge in [-0.15, -0.1) is 0 Å². The molecule has 2 heterocycles. The first kappa shape index (κ1) is 14.5. The molecule has 1 N–H and O–H groups in total. The maximum Gasteiger partial charge on any atom is 0.240 e. The van der Waals surface area contributed by atoms with Crippen LogP contribution in [0.15, 0.2) is 24.3 Å². The van der Waals surface area contributed by atoms with Crippen LogP contribution in [0.1, 0.15) is 30.9 Å². The van der Waals surface area contributed by atoms with Crippen molar-refractivity contribution in [2.45, 2.75) is 44.4 Å². The fourth-order valence-corrected chi connectivity index (χ4v) is 3.41. The molecule has 4 nitrogen and oxygen atoms in total. The minimum atomic E-state index is -0.194. The van der Waals surface area contributed by atoms with Gasteiger partial charge in [0.1, 0.15) is 0 Å². The van der Waals surface area contributed by atoms with Crippen LogP contribution < -0.4 is 5.32 Å². The number of carbonyl (C=O) groups is 1. The minimum Gasteiger partial charge on any atom is -0.377 e. The third-order valence-electron chi connectivity index (χ3n) is 4.84. The summed E-state index contributed by atoms with van der Waals surface area (Å²) in [6.45, 7) is 4.41. The number of ether oxygens (including phenoxy) is 1. The average Bonchev–Trinajstić information content (AvgIpc) is 2.54. The van der Waals surface area contributed by atoms with Gasteiger partial charge in [-0.3, -0.25) is 4.79 Å². The fourth-order valence-electron chi connectivity index (χ4n) is 3.41. The summed E-state index contributed by atoms with van der Waals surface area (Å²) in [6.07, 6.45) is 2.82. The van der Waals surface area contributed by atoms with Crippen LogP contribution in [0.25, 0.3) is 0 Å². The molecule has 0 radical (unpaired) electrons. The summed E-state index contributed by atoms with van der Waals surface area (Å²) in [5, 5.41) is 3.39. The van der Waals surface area contributed by atoms with Gasteiger partial charge < -0.3 is 15.0 Å². The molecule has 0 bridgehead atoms. The fraction of sp³-hybridized carbons (Fsp3) is 0.588. The first-order valence-corrected chi connectivity index (χ1v) is 7.75. The lowest BCUT2D eigenvalue weighted by Gasteiger charge is -2.41. The summed E-state index contributed by atoms with van der Waals surface area (Å²) in [5.74, 6) is 0.215. The number of hydrogen-bond acceptors (Lipinski definition) is 3. The number of likely N-dealkylation sites (tertiary alicyclic amines) is 1. The van der Waals surface area contributed by atoms with Crippen molar-refractivity contribution in [3.8, 4) is 0 Å². The van der Waals surface area contributed by atoms with Crippen molar-refractivity contribution in [1.82, 2.24) is 10.2 Å². The Labute approximate surface area is 126 Å². The van der Waals surface area contributed by atoms with Gasteiger partial charge in [0.2, 0.25) is 5.91 Å². The predicted octanol–water partition coefficient (Wildman–Crippen LogP) is 1.73. The molecule has 3 rings (SSSR count). The Morgan fingerprint density at radius 3 is 2.90 bits per heavy atom. The quantitative estimate of drug-likeness (QED) is 0.901. The second kappa shape index (κ2) is 5.78. The van der Waals surface area contributed by atoms with E-state index in [9.17, 15) is 4.79 Å². The minimum absolute atomic E-state index is 0.0980. The lowest BCUT2D eigenvalue weighted by molar-refractivity contribution is -0.141. The van der Waals surface area contributed by atoms with Crippen molar-refractivity contribution in [2.24, 2.45) is 0 Å². The lowest BCUT2D eigenvalue weighted by atomic mass is 9.92. The molecule has 114 valence electrons. The average molecular weight is 288 g/mol. The number of rotatable bonds is 2. The number of piperidine rings is 1. The van der Waals surface area contributed by atoms with E-state index >= 15 is 0 Å². The summed E-state index contributed by atoms with van der Waals surface area (Å²) in [7, 11) is 1.74. The molecule has 1 amide bonds. The number of carbonyl (C=O) groups excluding carboxylic acids is 1. The molecule has 2 aliphatic heterocycles. The van der Waals surface area contributed by atoms with E-state index in [1.54, 1.807) is 7.11 Å². The van der Waals surface area contributed by atoms with E-state index in [4.69, 9.17) is 4.74 Å². The zero-order valence-corrected chi connectivity index (χ0v) is 12.9. The summed E-state index contributed by atoms with van der Waals surface area (Å²) in [4.78, 5) is 14.7. The van der Waals surface area contributed by atoms with E-state index in [1.807, 2.05) is 4.90 Å². The molecular formula is C17H24N2O2. The van der Waals surface area contributed by atoms with E-state index in [1.165, 1.54) is 11.1 Å². The lowest BCUT2D eigenvalue weighted by Crippen LogP contribution is -2.56. The second-order valence-electron chi connectivity index (χ2n) is 6.42. The van der Waals surface area contributed by atoms with Gasteiger partial charge in [-0.25, -0.2) is 0 Å². The maximum absolute atomic E-state index is 12.8. The van der Waals surface area contributed by atoms with Crippen LogP contribution >= 0.6 is 0 Å². The first-order chi connectivity index (χ1) is 10.1. The highest BCUT2D eigenvalue weighted by atomic mass is 16.5. The summed E-state index contributed by atoms with van der Waals surface area (Å²) >= 11 is 0. The van der Waals surface area contributed by atoms with Gasteiger partial charge in [-0.1, -0.05) is 24.3 Å². The molecule has 0 spiro atoms. The molecule has 1 unspecified atom stereocenters. The van der Waals surface area contributed by atoms with Gasteiger partial charge in [0.05, 0.1) is 11.6 Å². The van der Waals surface area contributed by atoms with E-state index in [0.29, 0.717) is 6.54 Å². The maximum atomic E-state index is 12.8. The molecule has 1 aromatic carbocycles. The largest absolute Gasteiger partial charge is 0.377 e. The second-order valence-corrected chi connectivity index (χ2v) is 6.42. The third kappa shape index (κ3) is 2.97. The van der Waals surface area contributed by atoms with Gasteiger partial charge >= 0.3 is 0 Å². The molecular weight excluding hydrogens is 264 g/mol. The van der Waals surface area contributed by atoms with E-state index < -0.39 is 0 Å². The molecule has 4 heteroatoms. The monoisotopic (exact) mass is 288 g/mol. The third-order valence-corrected chi connectivity index (χ3v) is 4.84. The molecule has 0 aliphatic carbocycles. The smallest absolute Gasteiger partial charge is 0.240 e. The number of fused-ring (bicyclic) bond motifs is 1. The Balaban J connectivity index is 1.69. The van der Waals surface area contributed by atoms with Crippen molar-refractivity contribution in [1.29, 1.82) is 0 Å². The molecule has 21 heavy (non-hydrogen) atoms. The van der Waals surface area contributed by atoms with Crippen LogP contribution in [-0.2, 0) is 22.5 Å². The Hall–Kier alpha value is -1.39. The topological polar surface area (TPSA) is 41.6 Å². The van der Waals surface area contributed by atoms with Crippen molar-refractivity contribution >= 4 is 5.91 Å². The Morgan fingerprint density at radius 1 is 1.38 bits per heavy atom. The molecule has 1 aromatic rings. The SMILES string of the molecule is COC1(C)CCCN(C(=O)[C@H]2Cc3ccccc3CN2)C1. The number of benzene rings is 1. The Kier molecular flexibility index (Phi) is 4.00. The normalized spacial score (nSPS) is 29.0. The molecule has 0 saturated carbocycles. The van der Waals surface area contributed by atoms with Gasteiger partial charge in [-0.2, -0.15) is 0 Å². The summed E-state index contributed by atoms with van der Waals surface area (Å²) in [5.41, 5.74) is 2.41. The highest BCUT2D eigenvalue weighted by Gasteiger charge is 2.36. The Morgan fingerprint density at radius 2 is 2.14 bits per heavy atom. The zero-order valence-electron chi connectivity index (χ0n) is 12.9. The summed E-state index contributed by atoms with van der Waals surface area (Å²) in [6, 6.07) is 8.27. The first-order valence-electron chi connectivity index (χ1n) is 7.75. The number of nitrogens with one attached hydrogen (secondary N) is 1. The molecule has 1 saturated heterocycles. The van der Waals surface area contributed by atoms with Crippen molar-refractivity contribution in [2.75, 3.05) is 20.2 Å². The molecule has 1 fully saturated rings. The summed E-state index contributed by atoms with van der Waals surface area (Å²) < 4.78 is 5.59. The molecule has 0 aromatic heterocycles. The van der Waals surface area contributed by atoms with Crippen molar-refractivity contribution in [3.63, 3.8) is 0 Å².